The molecule has 0 fully saturated rings. The number of carbonyl (C=O) groups is 1. The summed E-state index contributed by atoms with van der Waals surface area (Å²) in [6, 6.07) is 4.25. The van der Waals surface area contributed by atoms with Crippen LogP contribution in [0.2, 0.25) is 0 Å². The molecular weight excluding hydrogens is 327 g/mol. The zero-order valence-corrected chi connectivity index (χ0v) is 11.5. The summed E-state index contributed by atoms with van der Waals surface area (Å²) in [6.45, 7) is -0.383. The standard InChI is InChI=1S/C12H13BrF3NO2/c13-9-2-7(3-10(14)4-9)1-8(6-18)5-17-12(19)11(15)16/h2-4,8,11,18H,1,5-6H2,(H,17,19)/t8-/m0/s1. The van der Waals surface area contributed by atoms with Crippen LogP contribution in [0, 0.1) is 11.7 Å². The van der Waals surface area contributed by atoms with E-state index in [1.165, 1.54) is 12.1 Å². The first-order chi connectivity index (χ1) is 8.92. The lowest BCUT2D eigenvalue weighted by Gasteiger charge is -2.15. The maximum atomic E-state index is 13.1. The van der Waals surface area contributed by atoms with E-state index >= 15 is 0 Å². The number of halogens is 4. The number of hydrogen-bond donors (Lipinski definition) is 2. The molecule has 0 aliphatic carbocycles. The van der Waals surface area contributed by atoms with Gasteiger partial charge in [-0.1, -0.05) is 15.9 Å². The van der Waals surface area contributed by atoms with Crippen LogP contribution < -0.4 is 5.32 Å². The van der Waals surface area contributed by atoms with Crippen molar-refractivity contribution in [3.05, 3.63) is 34.1 Å². The molecule has 1 amide bonds. The molecule has 0 aliphatic heterocycles. The molecule has 0 radical (unpaired) electrons. The first-order valence-electron chi connectivity index (χ1n) is 5.54. The Hall–Kier alpha value is -1.08. The second-order valence-electron chi connectivity index (χ2n) is 4.08. The highest BCUT2D eigenvalue weighted by Gasteiger charge is 2.17. The van der Waals surface area contributed by atoms with Gasteiger partial charge in [-0.3, -0.25) is 4.79 Å². The SMILES string of the molecule is O=C(NC[C@@H](CO)Cc1cc(F)cc(Br)c1)C(F)F. The predicted octanol–water partition coefficient (Wildman–Crippen LogP) is 2.12. The number of rotatable bonds is 6. The number of amides is 1. The van der Waals surface area contributed by atoms with Gasteiger partial charge in [0.05, 0.1) is 0 Å². The van der Waals surface area contributed by atoms with E-state index in [1.807, 2.05) is 5.32 Å². The van der Waals surface area contributed by atoms with Crippen LogP contribution in [0.5, 0.6) is 0 Å². The van der Waals surface area contributed by atoms with Crippen LogP contribution in [0.15, 0.2) is 22.7 Å². The lowest BCUT2D eigenvalue weighted by Crippen LogP contribution is -2.35. The Kier molecular flexibility index (Phi) is 6.30. The minimum absolute atomic E-state index is 0.0895. The molecule has 0 aliphatic rings. The summed E-state index contributed by atoms with van der Waals surface area (Å²) in [6.07, 6.45) is -2.81. The summed E-state index contributed by atoms with van der Waals surface area (Å²) in [5.41, 5.74) is 0.609. The zero-order valence-electron chi connectivity index (χ0n) is 9.88. The van der Waals surface area contributed by atoms with E-state index < -0.39 is 24.1 Å². The van der Waals surface area contributed by atoms with Crippen LogP contribution in [0.3, 0.4) is 0 Å². The number of aliphatic hydroxyl groups is 1. The summed E-state index contributed by atoms with van der Waals surface area (Å²) in [5.74, 6) is -2.26. The lowest BCUT2D eigenvalue weighted by molar-refractivity contribution is -0.131. The molecule has 19 heavy (non-hydrogen) atoms. The Morgan fingerprint density at radius 2 is 2.05 bits per heavy atom. The number of hydrogen-bond acceptors (Lipinski definition) is 2. The van der Waals surface area contributed by atoms with Gasteiger partial charge in [-0.05, 0) is 30.2 Å². The zero-order chi connectivity index (χ0) is 14.4. The third kappa shape index (κ3) is 5.61. The van der Waals surface area contributed by atoms with Crippen molar-refractivity contribution in [2.45, 2.75) is 12.8 Å². The second-order valence-corrected chi connectivity index (χ2v) is 4.99. The van der Waals surface area contributed by atoms with Gasteiger partial charge >= 0.3 is 6.43 Å². The van der Waals surface area contributed by atoms with Crippen LogP contribution in [0.4, 0.5) is 13.2 Å². The van der Waals surface area contributed by atoms with E-state index in [1.54, 1.807) is 6.07 Å². The largest absolute Gasteiger partial charge is 0.396 e. The van der Waals surface area contributed by atoms with Crippen molar-refractivity contribution in [3.63, 3.8) is 0 Å². The van der Waals surface area contributed by atoms with E-state index in [4.69, 9.17) is 5.11 Å². The lowest BCUT2D eigenvalue weighted by atomic mass is 10.00. The van der Waals surface area contributed by atoms with Gasteiger partial charge in [0.15, 0.2) is 0 Å². The van der Waals surface area contributed by atoms with Gasteiger partial charge in [0.2, 0.25) is 0 Å². The van der Waals surface area contributed by atoms with Crippen molar-refractivity contribution in [2.24, 2.45) is 5.92 Å². The Morgan fingerprint density at radius 1 is 1.37 bits per heavy atom. The van der Waals surface area contributed by atoms with E-state index in [9.17, 15) is 18.0 Å². The second kappa shape index (κ2) is 7.49. The van der Waals surface area contributed by atoms with Crippen LogP contribution in [0.1, 0.15) is 5.56 Å². The molecule has 0 saturated carbocycles. The first-order valence-corrected chi connectivity index (χ1v) is 6.33. The van der Waals surface area contributed by atoms with Crippen molar-refractivity contribution in [1.29, 1.82) is 0 Å². The monoisotopic (exact) mass is 339 g/mol. The fourth-order valence-corrected chi connectivity index (χ4v) is 2.10. The van der Waals surface area contributed by atoms with E-state index in [0.29, 0.717) is 10.0 Å². The van der Waals surface area contributed by atoms with E-state index in [0.717, 1.165) is 0 Å². The summed E-state index contributed by atoms with van der Waals surface area (Å²) in [5, 5.41) is 11.2. The number of aliphatic hydroxyl groups excluding tert-OH is 1. The van der Waals surface area contributed by atoms with Crippen molar-refractivity contribution in [2.75, 3.05) is 13.2 Å². The number of carbonyl (C=O) groups excluding carboxylic acids is 1. The smallest absolute Gasteiger partial charge is 0.315 e. The molecule has 2 N–H and O–H groups in total. The molecule has 0 unspecified atom stereocenters. The molecule has 3 nitrogen and oxygen atoms in total. The molecule has 1 atom stereocenters. The summed E-state index contributed by atoms with van der Waals surface area (Å²) < 4.78 is 37.7. The minimum Gasteiger partial charge on any atom is -0.396 e. The molecule has 1 rings (SSSR count). The maximum Gasteiger partial charge on any atom is 0.315 e. The third-order valence-electron chi connectivity index (χ3n) is 2.47. The molecule has 1 aromatic rings. The molecule has 106 valence electrons. The summed E-state index contributed by atoms with van der Waals surface area (Å²) in [7, 11) is 0. The molecule has 0 spiro atoms. The van der Waals surface area contributed by atoms with Gasteiger partial charge in [0.25, 0.3) is 5.91 Å². The maximum absolute atomic E-state index is 13.1. The van der Waals surface area contributed by atoms with Crippen molar-refractivity contribution in [1.82, 2.24) is 5.32 Å². The van der Waals surface area contributed by atoms with Crippen molar-refractivity contribution < 1.29 is 23.1 Å². The number of nitrogens with one attached hydrogen (secondary N) is 1. The van der Waals surface area contributed by atoms with Gasteiger partial charge in [-0.2, -0.15) is 8.78 Å². The van der Waals surface area contributed by atoms with Gasteiger partial charge in [0.1, 0.15) is 5.82 Å². The average molecular weight is 340 g/mol. The fourth-order valence-electron chi connectivity index (χ4n) is 1.59. The summed E-state index contributed by atoms with van der Waals surface area (Å²) >= 11 is 3.13. The molecule has 0 bridgehead atoms. The summed E-state index contributed by atoms with van der Waals surface area (Å²) in [4.78, 5) is 10.7. The molecular formula is C12H13BrF3NO2. The predicted molar refractivity (Wildman–Crippen MR) is 67.4 cm³/mol. The van der Waals surface area contributed by atoms with Gasteiger partial charge in [-0.25, -0.2) is 4.39 Å². The number of benzene rings is 1. The highest BCUT2D eigenvalue weighted by atomic mass is 79.9. The third-order valence-corrected chi connectivity index (χ3v) is 2.93. The molecule has 0 aromatic heterocycles. The van der Waals surface area contributed by atoms with Crippen molar-refractivity contribution in [3.8, 4) is 0 Å². The average Bonchev–Trinajstić information content (AvgIpc) is 2.32. The Balaban J connectivity index is 2.59. The minimum atomic E-state index is -3.08. The van der Waals surface area contributed by atoms with Crippen LogP contribution >= 0.6 is 15.9 Å². The fraction of sp³-hybridized carbons (Fsp3) is 0.417. The van der Waals surface area contributed by atoms with Crippen LogP contribution in [-0.2, 0) is 11.2 Å². The van der Waals surface area contributed by atoms with E-state index in [2.05, 4.69) is 15.9 Å². The molecule has 7 heteroatoms. The highest BCUT2D eigenvalue weighted by Crippen LogP contribution is 2.17. The topological polar surface area (TPSA) is 49.3 Å². The van der Waals surface area contributed by atoms with Crippen LogP contribution in [-0.4, -0.2) is 30.6 Å². The highest BCUT2D eigenvalue weighted by molar-refractivity contribution is 9.10. The van der Waals surface area contributed by atoms with Crippen LogP contribution in [0.25, 0.3) is 0 Å². The first kappa shape index (κ1) is 16.0. The van der Waals surface area contributed by atoms with Gasteiger partial charge in [-0.15, -0.1) is 0 Å². The molecule has 0 saturated heterocycles. The Labute approximate surface area is 116 Å². The Bertz CT molecular complexity index is 423. The normalized spacial score (nSPS) is 12.5. The van der Waals surface area contributed by atoms with E-state index in [-0.39, 0.29) is 19.6 Å². The van der Waals surface area contributed by atoms with Gasteiger partial charge in [0, 0.05) is 23.5 Å². The van der Waals surface area contributed by atoms with Crippen molar-refractivity contribution >= 4 is 21.8 Å². The quantitative estimate of drug-likeness (QED) is 0.834. The molecule has 1 aromatic carbocycles. The van der Waals surface area contributed by atoms with Gasteiger partial charge < -0.3 is 10.4 Å². The Morgan fingerprint density at radius 3 is 2.58 bits per heavy atom. The number of alkyl halides is 2. The molecule has 0 heterocycles.